The van der Waals surface area contributed by atoms with Crippen molar-refractivity contribution in [3.63, 3.8) is 0 Å². The van der Waals surface area contributed by atoms with E-state index in [2.05, 4.69) is 0 Å². The zero-order valence-electron chi connectivity index (χ0n) is 8.75. The Morgan fingerprint density at radius 2 is 1.60 bits per heavy atom. The first kappa shape index (κ1) is 10.6. The van der Waals surface area contributed by atoms with Crippen molar-refractivity contribution < 1.29 is 9.59 Å². The van der Waals surface area contributed by atoms with Crippen molar-refractivity contribution in [3.8, 4) is 0 Å². The normalized spacial score (nSPS) is 24.9. The summed E-state index contributed by atoms with van der Waals surface area (Å²) >= 11 is 0. The summed E-state index contributed by atoms with van der Waals surface area (Å²) in [6, 6.07) is 0. The van der Waals surface area contributed by atoms with Crippen molar-refractivity contribution in [2.45, 2.75) is 26.2 Å². The standard InChI is InChI=1S/C13H13O2/c1-9-11(14)7-4-8-12(15)13(9)10-5-2-3-6-10/h2-3,5-6H,4,7-8H2,1H3. The van der Waals surface area contributed by atoms with Gasteiger partial charge in [0.05, 0.1) is 0 Å². The molecule has 2 heteroatoms. The molecular formula is C13H13O2. The molecule has 0 aromatic rings. The molecule has 2 aliphatic carbocycles. The Bertz CT molecular complexity index is 319. The molecule has 1 saturated carbocycles. The number of carbonyl (C=O) groups is 2. The minimum absolute atomic E-state index is 0.101. The van der Waals surface area contributed by atoms with E-state index in [0.29, 0.717) is 30.4 Å². The van der Waals surface area contributed by atoms with Gasteiger partial charge in [-0.1, -0.05) is 0 Å². The summed E-state index contributed by atoms with van der Waals surface area (Å²) < 4.78 is 0. The third kappa shape index (κ3) is 2.04. The Morgan fingerprint density at radius 3 is 2.27 bits per heavy atom. The maximum atomic E-state index is 11.9. The molecule has 0 aromatic carbocycles. The average molecular weight is 201 g/mol. The van der Waals surface area contributed by atoms with Gasteiger partial charge >= 0.3 is 0 Å². The molecule has 15 heavy (non-hydrogen) atoms. The van der Waals surface area contributed by atoms with E-state index in [-0.39, 0.29) is 11.6 Å². The van der Waals surface area contributed by atoms with Gasteiger partial charge in [0.15, 0.2) is 11.6 Å². The van der Waals surface area contributed by atoms with E-state index in [1.54, 1.807) is 6.92 Å². The van der Waals surface area contributed by atoms with Crippen LogP contribution < -0.4 is 0 Å². The van der Waals surface area contributed by atoms with Gasteiger partial charge in [-0.3, -0.25) is 9.59 Å². The molecule has 0 aliphatic heterocycles. The van der Waals surface area contributed by atoms with Crippen LogP contribution in [0.5, 0.6) is 0 Å². The van der Waals surface area contributed by atoms with E-state index in [9.17, 15) is 9.59 Å². The second kappa shape index (κ2) is 4.30. The molecular weight excluding hydrogens is 188 g/mol. The molecule has 0 saturated heterocycles. The van der Waals surface area contributed by atoms with Crippen LogP contribution in [0.2, 0.25) is 0 Å². The fourth-order valence-corrected chi connectivity index (χ4v) is 1.99. The summed E-state index contributed by atoms with van der Waals surface area (Å²) in [7, 11) is 0. The van der Waals surface area contributed by atoms with Crippen molar-refractivity contribution in [1.82, 2.24) is 0 Å². The van der Waals surface area contributed by atoms with Crippen LogP contribution in [-0.2, 0) is 9.59 Å². The quantitative estimate of drug-likeness (QED) is 0.650. The molecule has 0 atom stereocenters. The predicted molar refractivity (Wildman–Crippen MR) is 57.0 cm³/mol. The minimum Gasteiger partial charge on any atom is -0.295 e. The van der Waals surface area contributed by atoms with Crippen molar-refractivity contribution in [1.29, 1.82) is 0 Å². The lowest BCUT2D eigenvalue weighted by molar-refractivity contribution is -0.116. The number of hydrogen-bond donors (Lipinski definition) is 0. The summed E-state index contributed by atoms with van der Waals surface area (Å²) in [5.74, 6) is 1.09. The van der Waals surface area contributed by atoms with Crippen LogP contribution in [0.1, 0.15) is 26.2 Å². The number of Topliss-reactive ketones (excluding diaryl/α,β-unsaturated/α-hetero) is 2. The lowest BCUT2D eigenvalue weighted by Crippen LogP contribution is -2.12. The predicted octanol–water partition coefficient (Wildman–Crippen LogP) is 2.03. The van der Waals surface area contributed by atoms with Crippen LogP contribution in [-0.4, -0.2) is 11.6 Å². The highest BCUT2D eigenvalue weighted by atomic mass is 16.1. The molecule has 1 fully saturated rings. The van der Waals surface area contributed by atoms with Gasteiger partial charge < -0.3 is 0 Å². The molecule has 0 N–H and O–H groups in total. The van der Waals surface area contributed by atoms with Gasteiger partial charge in [-0.05, 0) is 44.6 Å². The molecule has 2 nitrogen and oxygen atoms in total. The van der Waals surface area contributed by atoms with Crippen molar-refractivity contribution in [3.05, 3.63) is 42.7 Å². The van der Waals surface area contributed by atoms with Gasteiger partial charge in [0, 0.05) is 24.3 Å². The third-order valence-corrected chi connectivity index (χ3v) is 2.83. The molecule has 5 radical (unpaired) electrons. The average Bonchev–Trinajstić information content (AvgIpc) is 2.67. The van der Waals surface area contributed by atoms with Crippen molar-refractivity contribution >= 4 is 11.6 Å². The largest absolute Gasteiger partial charge is 0.295 e. The zero-order valence-corrected chi connectivity index (χ0v) is 8.75. The van der Waals surface area contributed by atoms with Crippen LogP contribution in [0.15, 0.2) is 11.1 Å². The summed E-state index contributed by atoms with van der Waals surface area (Å²) in [5.41, 5.74) is 1.26. The summed E-state index contributed by atoms with van der Waals surface area (Å²) in [4.78, 5) is 23.5. The second-order valence-corrected chi connectivity index (χ2v) is 3.87. The number of rotatable bonds is 1. The fraction of sp³-hybridized carbons (Fsp3) is 0.308. The molecule has 0 unspecified atom stereocenters. The number of ketones is 2. The molecule has 77 valence electrons. The van der Waals surface area contributed by atoms with Crippen LogP contribution in [0.25, 0.3) is 0 Å². The van der Waals surface area contributed by atoms with Gasteiger partial charge in [-0.25, -0.2) is 0 Å². The van der Waals surface area contributed by atoms with E-state index >= 15 is 0 Å². The lowest BCUT2D eigenvalue weighted by atomic mass is 9.89. The summed E-state index contributed by atoms with van der Waals surface area (Å²) in [5, 5.41) is 0. The minimum atomic E-state index is 0.101. The second-order valence-electron chi connectivity index (χ2n) is 3.87. The molecule has 0 spiro atoms. The summed E-state index contributed by atoms with van der Waals surface area (Å²) in [6.07, 6.45) is 9.21. The van der Waals surface area contributed by atoms with Gasteiger partial charge in [-0.15, -0.1) is 0 Å². The van der Waals surface area contributed by atoms with Crippen molar-refractivity contribution in [2.75, 3.05) is 0 Å². The Hall–Kier alpha value is -0.920. The number of hydrogen-bond acceptors (Lipinski definition) is 2. The topological polar surface area (TPSA) is 34.1 Å². The Kier molecular flexibility index (Phi) is 3.03. The highest BCUT2D eigenvalue weighted by molar-refractivity contribution is 6.10. The number of allylic oxidation sites excluding steroid dienone is 2. The van der Waals surface area contributed by atoms with E-state index in [1.807, 2.05) is 25.7 Å². The van der Waals surface area contributed by atoms with E-state index in [1.165, 1.54) is 0 Å². The number of carbonyl (C=O) groups excluding carboxylic acids is 2. The van der Waals surface area contributed by atoms with Crippen LogP contribution in [0.4, 0.5) is 0 Å². The molecule has 0 heterocycles. The lowest BCUT2D eigenvalue weighted by Gasteiger charge is -2.13. The SMILES string of the molecule is CC1=C([C]2[CH][CH][CH][CH]2)C(=O)CCCC1=O. The highest BCUT2D eigenvalue weighted by Crippen LogP contribution is 2.35. The maximum Gasteiger partial charge on any atom is 0.159 e. The first-order valence-electron chi connectivity index (χ1n) is 5.19. The van der Waals surface area contributed by atoms with E-state index < -0.39 is 0 Å². The van der Waals surface area contributed by atoms with Crippen molar-refractivity contribution in [2.24, 2.45) is 0 Å². The molecule has 0 aromatic heterocycles. The molecule has 2 rings (SSSR count). The third-order valence-electron chi connectivity index (χ3n) is 2.83. The summed E-state index contributed by atoms with van der Waals surface area (Å²) in [6.45, 7) is 1.76. The van der Waals surface area contributed by atoms with Gasteiger partial charge in [0.25, 0.3) is 0 Å². The van der Waals surface area contributed by atoms with Gasteiger partial charge in [0.2, 0.25) is 0 Å². The Balaban J connectivity index is 2.32. The first-order valence-corrected chi connectivity index (χ1v) is 5.19. The Morgan fingerprint density at radius 1 is 1.00 bits per heavy atom. The molecule has 0 bridgehead atoms. The highest BCUT2D eigenvalue weighted by Gasteiger charge is 2.30. The van der Waals surface area contributed by atoms with Crippen LogP contribution in [0.3, 0.4) is 0 Å². The first-order chi connectivity index (χ1) is 7.20. The molecule has 0 amide bonds. The zero-order chi connectivity index (χ0) is 10.8. The van der Waals surface area contributed by atoms with Crippen LogP contribution in [0, 0.1) is 31.6 Å². The van der Waals surface area contributed by atoms with E-state index in [4.69, 9.17) is 0 Å². The molecule has 2 aliphatic rings. The Labute approximate surface area is 90.7 Å². The van der Waals surface area contributed by atoms with E-state index in [0.717, 1.165) is 5.92 Å². The van der Waals surface area contributed by atoms with Gasteiger partial charge in [-0.2, -0.15) is 0 Å². The van der Waals surface area contributed by atoms with Crippen LogP contribution >= 0.6 is 0 Å². The fourth-order valence-electron chi connectivity index (χ4n) is 1.99. The monoisotopic (exact) mass is 201 g/mol. The maximum absolute atomic E-state index is 11.9. The van der Waals surface area contributed by atoms with Gasteiger partial charge in [0.1, 0.15) is 0 Å². The smallest absolute Gasteiger partial charge is 0.159 e.